The summed E-state index contributed by atoms with van der Waals surface area (Å²) in [7, 11) is 0. The van der Waals surface area contributed by atoms with Crippen molar-refractivity contribution >= 4 is 54.1 Å². The van der Waals surface area contributed by atoms with Crippen LogP contribution in [0.1, 0.15) is 0 Å². The summed E-state index contributed by atoms with van der Waals surface area (Å²) in [6, 6.07) is 62.5. The first-order valence-corrected chi connectivity index (χ1v) is 16.7. The number of para-hydroxylation sites is 1. The van der Waals surface area contributed by atoms with Crippen LogP contribution in [0.15, 0.2) is 176 Å². The Balaban J connectivity index is 1.19. The standard InChI is InChI=1S/C46H29N3/c1-3-13-31(14-4-1)41-29-42(32-15-5-2-6-16-32)48-46(47-41)33-17-11-18-34(28-33)49-43-21-10-9-20-40(43)45-39-25-24-36-35-19-8-7-12-30(35)22-23-37(36)38(39)26-27-44(45)49/h1-29H. The van der Waals surface area contributed by atoms with Crippen LogP contribution in [0, 0.1) is 0 Å². The molecule has 228 valence electrons. The Kier molecular flexibility index (Phi) is 6.18. The fraction of sp³-hybridized carbons (Fsp3) is 0. The van der Waals surface area contributed by atoms with Crippen LogP contribution >= 0.6 is 0 Å². The summed E-state index contributed by atoms with van der Waals surface area (Å²) in [4.78, 5) is 10.2. The van der Waals surface area contributed by atoms with Gasteiger partial charge in [0.05, 0.1) is 22.4 Å². The van der Waals surface area contributed by atoms with Crippen molar-refractivity contribution in [3.63, 3.8) is 0 Å². The van der Waals surface area contributed by atoms with Gasteiger partial charge in [-0.15, -0.1) is 0 Å². The van der Waals surface area contributed by atoms with Gasteiger partial charge in [-0.25, -0.2) is 9.97 Å². The predicted octanol–water partition coefficient (Wildman–Crippen LogP) is 12.0. The van der Waals surface area contributed by atoms with Crippen LogP contribution < -0.4 is 0 Å². The minimum atomic E-state index is 0.701. The molecule has 10 aromatic rings. The number of fused-ring (bicyclic) bond motifs is 9. The molecule has 0 aliphatic carbocycles. The molecule has 10 rings (SSSR count). The molecule has 0 N–H and O–H groups in total. The van der Waals surface area contributed by atoms with Crippen LogP contribution in [-0.2, 0) is 0 Å². The predicted molar refractivity (Wildman–Crippen MR) is 205 cm³/mol. The lowest BCUT2D eigenvalue weighted by Crippen LogP contribution is -1.98. The Morgan fingerprint density at radius 3 is 1.69 bits per heavy atom. The van der Waals surface area contributed by atoms with Crippen molar-refractivity contribution in [3.05, 3.63) is 176 Å². The largest absolute Gasteiger partial charge is 0.309 e. The van der Waals surface area contributed by atoms with Gasteiger partial charge in [0, 0.05) is 33.2 Å². The third-order valence-corrected chi connectivity index (χ3v) is 9.78. The van der Waals surface area contributed by atoms with Crippen molar-refractivity contribution < 1.29 is 0 Å². The van der Waals surface area contributed by atoms with E-state index in [0.717, 1.165) is 33.8 Å². The Labute approximate surface area is 283 Å². The SMILES string of the molecule is c1ccc(-c2cc(-c3ccccc3)nc(-c3cccc(-n4c5ccccc5c5c6ccc7c8ccccc8ccc7c6ccc54)c3)n2)cc1. The number of benzene rings is 8. The monoisotopic (exact) mass is 623 g/mol. The van der Waals surface area contributed by atoms with Crippen molar-refractivity contribution in [3.8, 4) is 39.6 Å². The molecule has 2 aromatic heterocycles. The Bertz CT molecular complexity index is 2810. The molecule has 0 unspecified atom stereocenters. The average Bonchev–Trinajstić information content (AvgIpc) is 3.53. The molecule has 0 amide bonds. The van der Waals surface area contributed by atoms with E-state index in [1.165, 1.54) is 54.1 Å². The van der Waals surface area contributed by atoms with Gasteiger partial charge in [-0.2, -0.15) is 0 Å². The molecule has 0 saturated carbocycles. The number of aromatic nitrogens is 3. The van der Waals surface area contributed by atoms with E-state index in [4.69, 9.17) is 9.97 Å². The highest BCUT2D eigenvalue weighted by molar-refractivity contribution is 6.27. The van der Waals surface area contributed by atoms with E-state index >= 15 is 0 Å². The Morgan fingerprint density at radius 2 is 0.918 bits per heavy atom. The highest BCUT2D eigenvalue weighted by Crippen LogP contribution is 2.40. The van der Waals surface area contributed by atoms with Crippen molar-refractivity contribution in [2.24, 2.45) is 0 Å². The van der Waals surface area contributed by atoms with Gasteiger partial charge >= 0.3 is 0 Å². The van der Waals surface area contributed by atoms with Gasteiger partial charge in [-0.1, -0.05) is 146 Å². The Hall–Kier alpha value is -6.58. The molecule has 0 atom stereocenters. The number of nitrogens with zero attached hydrogens (tertiary/aromatic N) is 3. The molecule has 0 radical (unpaired) electrons. The quantitative estimate of drug-likeness (QED) is 0.183. The maximum Gasteiger partial charge on any atom is 0.160 e. The molecule has 0 saturated heterocycles. The molecular formula is C46H29N3. The maximum atomic E-state index is 5.12. The van der Waals surface area contributed by atoms with Crippen LogP contribution in [-0.4, -0.2) is 14.5 Å². The van der Waals surface area contributed by atoms with E-state index in [1.54, 1.807) is 0 Å². The zero-order valence-electron chi connectivity index (χ0n) is 26.6. The molecule has 0 aliphatic rings. The highest BCUT2D eigenvalue weighted by Gasteiger charge is 2.17. The molecule has 8 aromatic carbocycles. The zero-order chi connectivity index (χ0) is 32.3. The fourth-order valence-electron chi connectivity index (χ4n) is 7.52. The molecule has 0 spiro atoms. The lowest BCUT2D eigenvalue weighted by atomic mass is 9.95. The van der Waals surface area contributed by atoms with Crippen molar-refractivity contribution in [1.29, 1.82) is 0 Å². The van der Waals surface area contributed by atoms with Crippen LogP contribution in [0.5, 0.6) is 0 Å². The summed E-state index contributed by atoms with van der Waals surface area (Å²) in [6.45, 7) is 0. The molecule has 0 bridgehead atoms. The number of hydrogen-bond acceptors (Lipinski definition) is 2. The topological polar surface area (TPSA) is 30.7 Å². The number of hydrogen-bond donors (Lipinski definition) is 0. The second-order valence-electron chi connectivity index (χ2n) is 12.6. The smallest absolute Gasteiger partial charge is 0.160 e. The third-order valence-electron chi connectivity index (χ3n) is 9.78. The first kappa shape index (κ1) is 27.5. The van der Waals surface area contributed by atoms with Gasteiger partial charge < -0.3 is 4.57 Å². The highest BCUT2D eigenvalue weighted by atomic mass is 15.0. The minimum Gasteiger partial charge on any atom is -0.309 e. The van der Waals surface area contributed by atoms with E-state index in [0.29, 0.717) is 5.82 Å². The van der Waals surface area contributed by atoms with Gasteiger partial charge in [-0.3, -0.25) is 0 Å². The molecule has 49 heavy (non-hydrogen) atoms. The second-order valence-corrected chi connectivity index (χ2v) is 12.6. The van der Waals surface area contributed by atoms with E-state index < -0.39 is 0 Å². The van der Waals surface area contributed by atoms with Gasteiger partial charge in [0.25, 0.3) is 0 Å². The second kappa shape index (κ2) is 11.0. The van der Waals surface area contributed by atoms with Gasteiger partial charge in [-0.05, 0) is 62.6 Å². The third kappa shape index (κ3) is 4.44. The summed E-state index contributed by atoms with van der Waals surface area (Å²) >= 11 is 0. The van der Waals surface area contributed by atoms with Gasteiger partial charge in [0.2, 0.25) is 0 Å². The molecule has 0 fully saturated rings. The molecule has 2 heterocycles. The summed E-state index contributed by atoms with van der Waals surface area (Å²) in [5.74, 6) is 0.701. The maximum absolute atomic E-state index is 5.12. The minimum absolute atomic E-state index is 0.701. The average molecular weight is 624 g/mol. The first-order chi connectivity index (χ1) is 24.3. The van der Waals surface area contributed by atoms with E-state index in [1.807, 2.05) is 12.1 Å². The summed E-state index contributed by atoms with van der Waals surface area (Å²) in [5.41, 5.74) is 8.32. The fourth-order valence-corrected chi connectivity index (χ4v) is 7.52. The lowest BCUT2D eigenvalue weighted by Gasteiger charge is -2.12. The van der Waals surface area contributed by atoms with E-state index in [-0.39, 0.29) is 0 Å². The molecular weight excluding hydrogens is 595 g/mol. The van der Waals surface area contributed by atoms with Crippen molar-refractivity contribution in [2.75, 3.05) is 0 Å². The summed E-state index contributed by atoms with van der Waals surface area (Å²) < 4.78 is 2.39. The van der Waals surface area contributed by atoms with Gasteiger partial charge in [0.15, 0.2) is 5.82 Å². The van der Waals surface area contributed by atoms with E-state index in [9.17, 15) is 0 Å². The molecule has 3 nitrogen and oxygen atoms in total. The molecule has 0 aliphatic heterocycles. The van der Waals surface area contributed by atoms with Gasteiger partial charge in [0.1, 0.15) is 0 Å². The Morgan fingerprint density at radius 1 is 0.347 bits per heavy atom. The van der Waals surface area contributed by atoms with Crippen molar-refractivity contribution in [2.45, 2.75) is 0 Å². The van der Waals surface area contributed by atoms with E-state index in [2.05, 4.69) is 168 Å². The first-order valence-electron chi connectivity index (χ1n) is 16.7. The van der Waals surface area contributed by atoms with Crippen LogP contribution in [0.25, 0.3) is 93.7 Å². The van der Waals surface area contributed by atoms with Crippen molar-refractivity contribution in [1.82, 2.24) is 14.5 Å². The van der Waals surface area contributed by atoms with Crippen LogP contribution in [0.3, 0.4) is 0 Å². The van der Waals surface area contributed by atoms with Crippen LogP contribution in [0.2, 0.25) is 0 Å². The lowest BCUT2D eigenvalue weighted by molar-refractivity contribution is 1.16. The van der Waals surface area contributed by atoms with Crippen LogP contribution in [0.4, 0.5) is 0 Å². The summed E-state index contributed by atoms with van der Waals surface area (Å²) in [5, 5.41) is 10.2. The molecule has 3 heteroatoms. The summed E-state index contributed by atoms with van der Waals surface area (Å²) in [6.07, 6.45) is 0. The normalized spacial score (nSPS) is 11.7. The number of rotatable bonds is 4. The zero-order valence-corrected chi connectivity index (χ0v) is 26.6.